The second-order valence-electron chi connectivity index (χ2n) is 5.16. The van der Waals surface area contributed by atoms with Crippen LogP contribution in [0.2, 0.25) is 0 Å². The maximum absolute atomic E-state index is 3.75. The maximum atomic E-state index is 3.75. The summed E-state index contributed by atoms with van der Waals surface area (Å²) in [6.45, 7) is 5.95. The standard InChI is InChI=1S/C20H22/c1-3-4-6-9-17(2)16-18-12-14-20(15-13-18)19-10-7-5-8-11-19/h3,5,7-15H,1,4,6,16H2,2H3/b17-9+. The van der Waals surface area contributed by atoms with E-state index in [9.17, 15) is 0 Å². The van der Waals surface area contributed by atoms with Crippen molar-refractivity contribution in [3.63, 3.8) is 0 Å². The molecule has 0 atom stereocenters. The Morgan fingerprint density at radius 2 is 1.55 bits per heavy atom. The van der Waals surface area contributed by atoms with Gasteiger partial charge in [0.2, 0.25) is 0 Å². The summed E-state index contributed by atoms with van der Waals surface area (Å²) in [7, 11) is 0. The average Bonchev–Trinajstić information content (AvgIpc) is 2.49. The van der Waals surface area contributed by atoms with Crippen LogP contribution in [0.3, 0.4) is 0 Å². The van der Waals surface area contributed by atoms with Crippen molar-refractivity contribution in [2.24, 2.45) is 0 Å². The van der Waals surface area contributed by atoms with Crippen molar-refractivity contribution in [3.8, 4) is 11.1 Å². The highest BCUT2D eigenvalue weighted by Crippen LogP contribution is 2.20. The Hall–Kier alpha value is -2.08. The molecule has 0 nitrogen and oxygen atoms in total. The molecule has 2 aromatic carbocycles. The van der Waals surface area contributed by atoms with E-state index in [-0.39, 0.29) is 0 Å². The topological polar surface area (TPSA) is 0 Å². The quantitative estimate of drug-likeness (QED) is 0.455. The monoisotopic (exact) mass is 262 g/mol. The van der Waals surface area contributed by atoms with Crippen LogP contribution < -0.4 is 0 Å². The lowest BCUT2D eigenvalue weighted by Crippen LogP contribution is -1.87. The van der Waals surface area contributed by atoms with E-state index in [0.717, 1.165) is 19.3 Å². The Morgan fingerprint density at radius 3 is 2.20 bits per heavy atom. The average molecular weight is 262 g/mol. The summed E-state index contributed by atoms with van der Waals surface area (Å²) in [4.78, 5) is 0. The van der Waals surface area contributed by atoms with E-state index in [0.29, 0.717) is 0 Å². The highest BCUT2D eigenvalue weighted by Gasteiger charge is 1.98. The summed E-state index contributed by atoms with van der Waals surface area (Å²) in [6.07, 6.45) is 7.47. The Kier molecular flexibility index (Phi) is 5.37. The van der Waals surface area contributed by atoms with Crippen LogP contribution in [-0.2, 0) is 6.42 Å². The molecule has 0 N–H and O–H groups in total. The number of hydrogen-bond acceptors (Lipinski definition) is 0. The molecule has 0 radical (unpaired) electrons. The fourth-order valence-electron chi connectivity index (χ4n) is 2.29. The van der Waals surface area contributed by atoms with Crippen molar-refractivity contribution >= 4 is 0 Å². The van der Waals surface area contributed by atoms with Crippen LogP contribution >= 0.6 is 0 Å². The molecule has 0 bridgehead atoms. The summed E-state index contributed by atoms with van der Waals surface area (Å²) in [5, 5.41) is 0. The van der Waals surface area contributed by atoms with Gasteiger partial charge in [-0.25, -0.2) is 0 Å². The Labute approximate surface area is 122 Å². The molecular formula is C20H22. The Morgan fingerprint density at radius 1 is 0.900 bits per heavy atom. The van der Waals surface area contributed by atoms with Gasteiger partial charge >= 0.3 is 0 Å². The van der Waals surface area contributed by atoms with Crippen molar-refractivity contribution in [2.75, 3.05) is 0 Å². The lowest BCUT2D eigenvalue weighted by Gasteiger charge is -2.05. The fourth-order valence-corrected chi connectivity index (χ4v) is 2.29. The zero-order valence-corrected chi connectivity index (χ0v) is 12.2. The van der Waals surface area contributed by atoms with Crippen LogP contribution in [0.1, 0.15) is 25.3 Å². The molecule has 0 heterocycles. The van der Waals surface area contributed by atoms with Crippen molar-refractivity contribution in [2.45, 2.75) is 26.2 Å². The predicted octanol–water partition coefficient (Wildman–Crippen LogP) is 5.81. The second kappa shape index (κ2) is 7.49. The molecule has 102 valence electrons. The number of hydrogen-bond donors (Lipinski definition) is 0. The van der Waals surface area contributed by atoms with E-state index < -0.39 is 0 Å². The smallest absolute Gasteiger partial charge is 0.00699 e. The third-order valence-electron chi connectivity index (χ3n) is 3.41. The summed E-state index contributed by atoms with van der Waals surface area (Å²) in [5.41, 5.74) is 5.36. The van der Waals surface area contributed by atoms with Crippen molar-refractivity contribution in [1.82, 2.24) is 0 Å². The molecule has 0 aromatic heterocycles. The van der Waals surface area contributed by atoms with Gasteiger partial charge in [0.05, 0.1) is 0 Å². The molecule has 20 heavy (non-hydrogen) atoms. The first-order chi connectivity index (χ1) is 9.79. The van der Waals surface area contributed by atoms with Gasteiger partial charge in [-0.15, -0.1) is 6.58 Å². The molecule has 0 saturated carbocycles. The lowest BCUT2D eigenvalue weighted by molar-refractivity contribution is 1.01. The third kappa shape index (κ3) is 4.24. The van der Waals surface area contributed by atoms with Crippen LogP contribution in [0.4, 0.5) is 0 Å². The van der Waals surface area contributed by atoms with Gasteiger partial charge in [-0.2, -0.15) is 0 Å². The zero-order valence-electron chi connectivity index (χ0n) is 12.2. The molecule has 0 fully saturated rings. The summed E-state index contributed by atoms with van der Waals surface area (Å²) in [5.74, 6) is 0. The van der Waals surface area contributed by atoms with Gasteiger partial charge in [-0.1, -0.05) is 72.3 Å². The fraction of sp³-hybridized carbons (Fsp3) is 0.200. The van der Waals surface area contributed by atoms with Gasteiger partial charge in [-0.3, -0.25) is 0 Å². The minimum Gasteiger partial charge on any atom is -0.103 e. The van der Waals surface area contributed by atoms with Gasteiger partial charge in [0, 0.05) is 0 Å². The minimum atomic E-state index is 1.03. The summed E-state index contributed by atoms with van der Waals surface area (Å²) >= 11 is 0. The first kappa shape index (κ1) is 14.3. The molecule has 0 heteroatoms. The third-order valence-corrected chi connectivity index (χ3v) is 3.41. The largest absolute Gasteiger partial charge is 0.103 e. The SMILES string of the molecule is C=CCC/C=C(\C)Cc1ccc(-c2ccccc2)cc1. The van der Waals surface area contributed by atoms with E-state index in [1.54, 1.807) is 0 Å². The summed E-state index contributed by atoms with van der Waals surface area (Å²) < 4.78 is 0. The number of benzene rings is 2. The van der Waals surface area contributed by atoms with Crippen molar-refractivity contribution in [3.05, 3.63) is 84.5 Å². The van der Waals surface area contributed by atoms with Crippen LogP contribution in [0.5, 0.6) is 0 Å². The molecule has 0 aliphatic carbocycles. The van der Waals surface area contributed by atoms with Gasteiger partial charge < -0.3 is 0 Å². The number of rotatable bonds is 6. The van der Waals surface area contributed by atoms with Crippen LogP contribution in [-0.4, -0.2) is 0 Å². The zero-order chi connectivity index (χ0) is 14.2. The molecule has 0 aliphatic heterocycles. The van der Waals surface area contributed by atoms with Crippen molar-refractivity contribution in [1.29, 1.82) is 0 Å². The predicted molar refractivity (Wildman–Crippen MR) is 88.8 cm³/mol. The van der Waals surface area contributed by atoms with Gasteiger partial charge in [0.1, 0.15) is 0 Å². The molecule has 2 rings (SSSR count). The number of unbranched alkanes of at least 4 members (excludes halogenated alkanes) is 1. The highest BCUT2D eigenvalue weighted by atomic mass is 14.0. The van der Waals surface area contributed by atoms with E-state index in [4.69, 9.17) is 0 Å². The van der Waals surface area contributed by atoms with E-state index >= 15 is 0 Å². The molecule has 0 saturated heterocycles. The maximum Gasteiger partial charge on any atom is -0.00699 e. The van der Waals surface area contributed by atoms with Crippen LogP contribution in [0.25, 0.3) is 11.1 Å². The van der Waals surface area contributed by atoms with Gasteiger partial charge in [0.25, 0.3) is 0 Å². The molecule has 0 amide bonds. The number of allylic oxidation sites excluding steroid dienone is 3. The molecule has 0 unspecified atom stereocenters. The van der Waals surface area contributed by atoms with E-state index in [1.807, 2.05) is 6.08 Å². The van der Waals surface area contributed by atoms with Crippen molar-refractivity contribution < 1.29 is 0 Å². The van der Waals surface area contributed by atoms with Gasteiger partial charge in [0.15, 0.2) is 0 Å². The second-order valence-corrected chi connectivity index (χ2v) is 5.16. The highest BCUT2D eigenvalue weighted by molar-refractivity contribution is 5.63. The normalized spacial score (nSPS) is 11.3. The van der Waals surface area contributed by atoms with Crippen LogP contribution in [0, 0.1) is 0 Å². The van der Waals surface area contributed by atoms with E-state index in [1.165, 1.54) is 22.3 Å². The minimum absolute atomic E-state index is 1.03. The molecular weight excluding hydrogens is 240 g/mol. The lowest BCUT2D eigenvalue weighted by atomic mass is 10.0. The van der Waals surface area contributed by atoms with E-state index in [2.05, 4.69) is 74.2 Å². The Balaban J connectivity index is 2.02. The molecule has 2 aromatic rings. The summed E-state index contributed by atoms with van der Waals surface area (Å²) in [6, 6.07) is 19.4. The Bertz CT molecular complexity index is 559. The molecule has 0 spiro atoms. The van der Waals surface area contributed by atoms with Gasteiger partial charge in [-0.05, 0) is 42.9 Å². The first-order valence-electron chi connectivity index (χ1n) is 7.20. The molecule has 0 aliphatic rings. The first-order valence-corrected chi connectivity index (χ1v) is 7.20. The van der Waals surface area contributed by atoms with Crippen LogP contribution in [0.15, 0.2) is 78.9 Å².